The molecule has 0 aromatic carbocycles. The van der Waals surface area contributed by atoms with E-state index in [1.807, 2.05) is 6.92 Å². The number of unbranched alkanes of at least 4 members (excludes halogenated alkanes) is 1. The Balaban J connectivity index is 0.000000405. The summed E-state index contributed by atoms with van der Waals surface area (Å²) in [7, 11) is 1.59. The first-order valence-electron chi connectivity index (χ1n) is 10.5. The summed E-state index contributed by atoms with van der Waals surface area (Å²) in [4.78, 5) is 57.6. The van der Waals surface area contributed by atoms with Crippen LogP contribution < -0.4 is 11.2 Å². The van der Waals surface area contributed by atoms with E-state index >= 15 is 0 Å². The van der Waals surface area contributed by atoms with Crippen molar-refractivity contribution in [1.82, 2.24) is 18.7 Å². The van der Waals surface area contributed by atoms with Crippen LogP contribution in [0.5, 0.6) is 0 Å². The molecule has 1 fully saturated rings. The van der Waals surface area contributed by atoms with Gasteiger partial charge in [0.2, 0.25) is 0 Å². The number of aromatic nitrogens is 4. The molecule has 0 aliphatic carbocycles. The highest BCUT2D eigenvalue weighted by atomic mass is 32.2. The van der Waals surface area contributed by atoms with Crippen LogP contribution in [0.1, 0.15) is 39.5 Å². The summed E-state index contributed by atoms with van der Waals surface area (Å²) >= 11 is 1.68. The number of fused-ring (bicyclic) bond motifs is 1. The van der Waals surface area contributed by atoms with Gasteiger partial charge in [-0.1, -0.05) is 6.92 Å². The topological polar surface area (TPSA) is 167 Å². The summed E-state index contributed by atoms with van der Waals surface area (Å²) in [5, 5.41) is 18.6. The standard InChI is InChI=1S/C15H23N5O5.C3H5NO3S/c1-4-8-18-10-16-13-12(18)14(21)19(15(22)17(13)3)9-6-5-7-11(2)25-20(23)24;5-4(6)7-1-3-2-8-3/h10-11H,4-9H2,1-3H3;3H,1-2H2. The van der Waals surface area contributed by atoms with Gasteiger partial charge in [0.1, 0.15) is 12.7 Å². The zero-order valence-corrected chi connectivity index (χ0v) is 19.6. The number of rotatable bonds is 12. The highest BCUT2D eigenvalue weighted by Gasteiger charge is 2.23. The second-order valence-corrected chi connectivity index (χ2v) is 8.85. The largest absolute Gasteiger partial charge is 0.332 e. The third-order valence-electron chi connectivity index (χ3n) is 4.84. The monoisotopic (exact) mass is 488 g/mol. The lowest BCUT2D eigenvalue weighted by Gasteiger charge is -2.11. The quantitative estimate of drug-likeness (QED) is 0.184. The van der Waals surface area contributed by atoms with Crippen molar-refractivity contribution < 1.29 is 19.8 Å². The second-order valence-electron chi connectivity index (χ2n) is 7.52. The van der Waals surface area contributed by atoms with Crippen LogP contribution in [0.25, 0.3) is 11.2 Å². The molecule has 33 heavy (non-hydrogen) atoms. The molecule has 0 radical (unpaired) electrons. The number of hydrogen-bond acceptors (Lipinski definition) is 10. The molecule has 15 heteroatoms. The molecule has 184 valence electrons. The fourth-order valence-corrected chi connectivity index (χ4v) is 3.53. The maximum absolute atomic E-state index is 12.7. The van der Waals surface area contributed by atoms with Crippen LogP contribution in [0.2, 0.25) is 0 Å². The molecule has 14 nitrogen and oxygen atoms in total. The van der Waals surface area contributed by atoms with Crippen LogP contribution in [0, 0.1) is 20.2 Å². The summed E-state index contributed by atoms with van der Waals surface area (Å²) in [6, 6.07) is 0. The molecule has 0 amide bonds. The number of aryl methyl sites for hydroxylation is 2. The Labute approximate surface area is 192 Å². The van der Waals surface area contributed by atoms with Gasteiger partial charge in [0.15, 0.2) is 11.2 Å². The predicted molar refractivity (Wildman–Crippen MR) is 120 cm³/mol. The zero-order valence-electron chi connectivity index (χ0n) is 18.7. The Morgan fingerprint density at radius 2 is 1.94 bits per heavy atom. The first-order chi connectivity index (χ1) is 15.6. The number of nitrogens with zero attached hydrogens (tertiary/aromatic N) is 6. The van der Waals surface area contributed by atoms with Crippen molar-refractivity contribution in [2.45, 2.75) is 64.0 Å². The van der Waals surface area contributed by atoms with E-state index < -0.39 is 22.0 Å². The first-order valence-corrected chi connectivity index (χ1v) is 11.5. The Hall–Kier alpha value is -3.10. The van der Waals surface area contributed by atoms with Gasteiger partial charge < -0.3 is 14.2 Å². The van der Waals surface area contributed by atoms with Gasteiger partial charge in [-0.2, -0.15) is 11.8 Å². The summed E-state index contributed by atoms with van der Waals surface area (Å²) in [5.41, 5.74) is 0.0502. The lowest BCUT2D eigenvalue weighted by molar-refractivity contribution is -0.767. The van der Waals surface area contributed by atoms with E-state index in [1.165, 1.54) is 9.13 Å². The van der Waals surface area contributed by atoms with Gasteiger partial charge in [-0.15, -0.1) is 20.2 Å². The lowest BCUT2D eigenvalue weighted by Crippen LogP contribution is -2.39. The van der Waals surface area contributed by atoms with Crippen molar-refractivity contribution in [2.75, 3.05) is 12.4 Å². The van der Waals surface area contributed by atoms with Gasteiger partial charge in [-0.05, 0) is 32.6 Å². The van der Waals surface area contributed by atoms with E-state index in [9.17, 15) is 29.8 Å². The molecule has 1 aliphatic heterocycles. The fraction of sp³-hybridized carbons (Fsp3) is 0.722. The molecular weight excluding hydrogens is 460 g/mol. The van der Waals surface area contributed by atoms with Crippen molar-refractivity contribution >= 4 is 22.9 Å². The summed E-state index contributed by atoms with van der Waals surface area (Å²) < 4.78 is 4.34. The summed E-state index contributed by atoms with van der Waals surface area (Å²) in [5.74, 6) is 1.01. The maximum Gasteiger partial charge on any atom is 0.332 e. The number of hydrogen-bond donors (Lipinski definition) is 0. The van der Waals surface area contributed by atoms with Gasteiger partial charge >= 0.3 is 5.69 Å². The van der Waals surface area contributed by atoms with Crippen LogP contribution in [-0.4, -0.2) is 52.6 Å². The smallest absolute Gasteiger partial charge is 0.325 e. The fourth-order valence-electron chi connectivity index (χ4n) is 3.14. The Morgan fingerprint density at radius 3 is 2.52 bits per heavy atom. The first kappa shape index (κ1) is 26.2. The van der Waals surface area contributed by atoms with Crippen LogP contribution in [-0.2, 0) is 29.8 Å². The van der Waals surface area contributed by atoms with Crippen LogP contribution in [0.4, 0.5) is 0 Å². The van der Waals surface area contributed by atoms with Gasteiger partial charge in [0.05, 0.1) is 6.33 Å². The summed E-state index contributed by atoms with van der Waals surface area (Å²) in [6.07, 6.45) is 3.55. The third kappa shape index (κ3) is 7.76. The molecular formula is C18H28N6O8S. The van der Waals surface area contributed by atoms with Gasteiger partial charge in [-0.25, -0.2) is 9.78 Å². The van der Waals surface area contributed by atoms with Crippen LogP contribution >= 0.6 is 11.8 Å². The Morgan fingerprint density at radius 1 is 1.24 bits per heavy atom. The van der Waals surface area contributed by atoms with Crippen molar-refractivity contribution in [3.8, 4) is 0 Å². The molecule has 2 atom stereocenters. The van der Waals surface area contributed by atoms with Crippen LogP contribution in [0.15, 0.2) is 15.9 Å². The molecule has 2 aromatic rings. The van der Waals surface area contributed by atoms with E-state index in [0.29, 0.717) is 42.2 Å². The number of imidazole rings is 1. The molecule has 3 rings (SSSR count). The van der Waals surface area contributed by atoms with E-state index in [-0.39, 0.29) is 18.7 Å². The molecule has 0 saturated carbocycles. The van der Waals surface area contributed by atoms with Crippen molar-refractivity contribution in [2.24, 2.45) is 7.05 Å². The molecule has 1 saturated heterocycles. The Bertz CT molecular complexity index is 1080. The van der Waals surface area contributed by atoms with E-state index in [2.05, 4.69) is 14.7 Å². The van der Waals surface area contributed by atoms with Crippen LogP contribution in [0.3, 0.4) is 0 Å². The molecule has 0 spiro atoms. The second kappa shape index (κ2) is 12.2. The third-order valence-corrected chi connectivity index (χ3v) is 5.78. The van der Waals surface area contributed by atoms with Crippen molar-refractivity contribution in [1.29, 1.82) is 0 Å². The molecule has 2 aromatic heterocycles. The van der Waals surface area contributed by atoms with Gasteiger partial charge in [0, 0.05) is 31.1 Å². The van der Waals surface area contributed by atoms with E-state index in [1.54, 1.807) is 36.6 Å². The average molecular weight is 489 g/mol. The minimum Gasteiger partial charge on any atom is -0.325 e. The highest BCUT2D eigenvalue weighted by Crippen LogP contribution is 2.29. The van der Waals surface area contributed by atoms with E-state index in [4.69, 9.17) is 0 Å². The maximum atomic E-state index is 12.7. The molecule has 3 heterocycles. The van der Waals surface area contributed by atoms with Gasteiger partial charge in [0.25, 0.3) is 15.7 Å². The minimum absolute atomic E-state index is 0.254. The highest BCUT2D eigenvalue weighted by molar-refractivity contribution is 8.06. The summed E-state index contributed by atoms with van der Waals surface area (Å²) in [6.45, 7) is 4.78. The minimum atomic E-state index is -0.812. The molecule has 1 aliphatic rings. The van der Waals surface area contributed by atoms with Crippen molar-refractivity contribution in [3.63, 3.8) is 0 Å². The van der Waals surface area contributed by atoms with Crippen molar-refractivity contribution in [3.05, 3.63) is 47.4 Å². The molecule has 0 N–H and O–H groups in total. The van der Waals surface area contributed by atoms with Gasteiger partial charge in [-0.3, -0.25) is 13.9 Å². The number of thioether (sulfide) groups is 1. The SMILES string of the molecule is CCCn1cnc2c1c(=O)n(CCCCC(C)O[N+](=O)[O-])c(=O)n2C.O=[N+]([O-])OCC1CS1. The lowest BCUT2D eigenvalue weighted by atomic mass is 10.2. The molecule has 2 unspecified atom stereocenters. The molecule has 0 bridgehead atoms. The van der Waals surface area contributed by atoms with E-state index in [0.717, 1.165) is 12.2 Å². The Kier molecular flexibility index (Phi) is 9.69. The average Bonchev–Trinajstić information content (AvgIpc) is 3.48. The normalized spacial score (nSPS) is 15.4. The predicted octanol–water partition coefficient (Wildman–Crippen LogP) is 1.38. The zero-order chi connectivity index (χ0) is 24.5.